The minimum absolute atomic E-state index is 0.235. The van der Waals surface area contributed by atoms with Gasteiger partial charge in [-0.1, -0.05) is 41.6 Å². The number of aromatic amines is 1. The van der Waals surface area contributed by atoms with Gasteiger partial charge in [-0.15, -0.1) is 0 Å². The number of fused-ring (bicyclic) bond motifs is 2. The summed E-state index contributed by atoms with van der Waals surface area (Å²) in [4.78, 5) is 26.9. The van der Waals surface area contributed by atoms with Crippen molar-refractivity contribution in [2.45, 2.75) is 19.0 Å². The normalized spacial score (nSPS) is 15.9. The summed E-state index contributed by atoms with van der Waals surface area (Å²) in [5.74, 6) is 0.888. The third kappa shape index (κ3) is 3.00. The van der Waals surface area contributed by atoms with Crippen LogP contribution in [0, 0.1) is 0 Å². The van der Waals surface area contributed by atoms with Gasteiger partial charge in [0.25, 0.3) is 5.91 Å². The number of carbonyl (C=O) groups excluding carboxylic acids is 1. The molecular formula is C23H17N5O3. The second-order valence-corrected chi connectivity index (χ2v) is 7.48. The maximum absolute atomic E-state index is 13.1. The Kier molecular flexibility index (Phi) is 3.95. The molecule has 8 heteroatoms. The molecule has 1 unspecified atom stereocenters. The van der Waals surface area contributed by atoms with Crippen LogP contribution in [0.4, 0.5) is 0 Å². The second-order valence-electron chi connectivity index (χ2n) is 7.48. The van der Waals surface area contributed by atoms with Gasteiger partial charge >= 0.3 is 0 Å². The van der Waals surface area contributed by atoms with Crippen LogP contribution in [0.25, 0.3) is 22.2 Å². The highest BCUT2D eigenvalue weighted by atomic mass is 16.5. The number of nitrogens with zero attached hydrogens (tertiary/aromatic N) is 4. The molecule has 1 amide bonds. The van der Waals surface area contributed by atoms with Crippen LogP contribution in [0.2, 0.25) is 0 Å². The zero-order chi connectivity index (χ0) is 20.8. The maximum atomic E-state index is 13.1. The first-order valence-corrected chi connectivity index (χ1v) is 9.94. The summed E-state index contributed by atoms with van der Waals surface area (Å²) in [7, 11) is 0. The van der Waals surface area contributed by atoms with Gasteiger partial charge in [0.05, 0.1) is 30.5 Å². The van der Waals surface area contributed by atoms with E-state index in [0.29, 0.717) is 24.7 Å². The molecule has 3 aromatic heterocycles. The predicted molar refractivity (Wildman–Crippen MR) is 111 cm³/mol. The number of furan rings is 1. The molecule has 0 saturated carbocycles. The van der Waals surface area contributed by atoms with Crippen molar-refractivity contribution in [2.75, 3.05) is 0 Å². The molecule has 0 spiro atoms. The number of aromatic nitrogens is 4. The van der Waals surface area contributed by atoms with Crippen molar-refractivity contribution in [3.63, 3.8) is 0 Å². The number of carbonyl (C=O) groups is 1. The third-order valence-corrected chi connectivity index (χ3v) is 5.63. The van der Waals surface area contributed by atoms with Crippen molar-refractivity contribution in [2.24, 2.45) is 0 Å². The first kappa shape index (κ1) is 17.6. The SMILES string of the molecule is O=C(c1ccco1)N1Cc2[nH]cnc2CC1c1nc(-c2ccc3ccccc3c2)no1. The van der Waals surface area contributed by atoms with E-state index in [1.54, 1.807) is 23.4 Å². The van der Waals surface area contributed by atoms with Gasteiger partial charge in [-0.05, 0) is 29.0 Å². The van der Waals surface area contributed by atoms with Crippen LogP contribution in [0.15, 0.2) is 76.1 Å². The molecule has 0 fully saturated rings. The highest BCUT2D eigenvalue weighted by molar-refractivity contribution is 5.92. The second kappa shape index (κ2) is 6.94. The largest absolute Gasteiger partial charge is 0.459 e. The summed E-state index contributed by atoms with van der Waals surface area (Å²) in [6.07, 6.45) is 3.60. The molecular weight excluding hydrogens is 394 g/mol. The number of hydrogen-bond acceptors (Lipinski definition) is 6. The Balaban J connectivity index is 1.37. The number of hydrogen-bond donors (Lipinski definition) is 1. The first-order chi connectivity index (χ1) is 15.3. The molecule has 31 heavy (non-hydrogen) atoms. The Morgan fingerprint density at radius 2 is 2.00 bits per heavy atom. The summed E-state index contributed by atoms with van der Waals surface area (Å²) in [6.45, 7) is 0.354. The summed E-state index contributed by atoms with van der Waals surface area (Å²) >= 11 is 0. The minimum Gasteiger partial charge on any atom is -0.459 e. The molecule has 0 radical (unpaired) electrons. The van der Waals surface area contributed by atoms with Crippen LogP contribution in [0.1, 0.15) is 33.9 Å². The van der Waals surface area contributed by atoms with E-state index >= 15 is 0 Å². The maximum Gasteiger partial charge on any atom is 0.290 e. The van der Waals surface area contributed by atoms with Crippen LogP contribution in [-0.4, -0.2) is 30.9 Å². The van der Waals surface area contributed by atoms with Gasteiger partial charge in [0.1, 0.15) is 6.04 Å². The third-order valence-electron chi connectivity index (χ3n) is 5.63. The Hall–Kier alpha value is -4.20. The number of amides is 1. The summed E-state index contributed by atoms with van der Waals surface area (Å²) < 4.78 is 11.0. The number of H-pyrrole nitrogens is 1. The van der Waals surface area contributed by atoms with Crippen molar-refractivity contribution >= 4 is 16.7 Å². The van der Waals surface area contributed by atoms with E-state index in [2.05, 4.69) is 26.2 Å². The molecule has 0 bridgehead atoms. The molecule has 6 rings (SSSR count). The quantitative estimate of drug-likeness (QED) is 0.479. The van der Waals surface area contributed by atoms with Crippen molar-refractivity contribution in [1.82, 2.24) is 25.0 Å². The lowest BCUT2D eigenvalue weighted by molar-refractivity contribution is 0.0557. The van der Waals surface area contributed by atoms with Gasteiger partial charge in [0.2, 0.25) is 11.7 Å². The molecule has 1 aliphatic heterocycles. The molecule has 2 aromatic carbocycles. The Morgan fingerprint density at radius 3 is 2.87 bits per heavy atom. The fourth-order valence-corrected chi connectivity index (χ4v) is 4.03. The van der Waals surface area contributed by atoms with Crippen LogP contribution in [0.3, 0.4) is 0 Å². The van der Waals surface area contributed by atoms with Gasteiger partial charge in [-0.3, -0.25) is 4.79 Å². The van der Waals surface area contributed by atoms with Crippen molar-refractivity contribution < 1.29 is 13.7 Å². The van der Waals surface area contributed by atoms with Gasteiger partial charge in [-0.25, -0.2) is 4.98 Å². The van der Waals surface area contributed by atoms with E-state index < -0.39 is 6.04 Å². The minimum atomic E-state index is -0.435. The van der Waals surface area contributed by atoms with Crippen LogP contribution in [0.5, 0.6) is 0 Å². The van der Waals surface area contributed by atoms with Gasteiger partial charge in [0, 0.05) is 12.0 Å². The number of imidazole rings is 1. The van der Waals surface area contributed by atoms with Crippen molar-refractivity contribution in [3.05, 3.63) is 90.2 Å². The van der Waals surface area contributed by atoms with E-state index in [0.717, 1.165) is 27.7 Å². The number of rotatable bonds is 3. The lowest BCUT2D eigenvalue weighted by Gasteiger charge is -2.32. The van der Waals surface area contributed by atoms with E-state index in [1.807, 2.05) is 36.4 Å². The van der Waals surface area contributed by atoms with E-state index in [-0.39, 0.29) is 11.7 Å². The molecule has 4 heterocycles. The zero-order valence-electron chi connectivity index (χ0n) is 16.4. The average Bonchev–Trinajstić information content (AvgIpc) is 3.58. The van der Waals surface area contributed by atoms with Gasteiger partial charge < -0.3 is 18.8 Å². The topological polar surface area (TPSA) is 101 Å². The van der Waals surface area contributed by atoms with Crippen LogP contribution in [-0.2, 0) is 13.0 Å². The monoisotopic (exact) mass is 411 g/mol. The molecule has 1 N–H and O–H groups in total. The van der Waals surface area contributed by atoms with Crippen molar-refractivity contribution in [1.29, 1.82) is 0 Å². The summed E-state index contributed by atoms with van der Waals surface area (Å²) in [5, 5.41) is 6.43. The number of benzene rings is 2. The highest BCUT2D eigenvalue weighted by Gasteiger charge is 2.37. The van der Waals surface area contributed by atoms with Crippen LogP contribution < -0.4 is 0 Å². The fourth-order valence-electron chi connectivity index (χ4n) is 4.03. The summed E-state index contributed by atoms with van der Waals surface area (Å²) in [5.41, 5.74) is 2.64. The lowest BCUT2D eigenvalue weighted by Crippen LogP contribution is -2.39. The van der Waals surface area contributed by atoms with E-state index in [4.69, 9.17) is 8.94 Å². The predicted octanol–water partition coefficient (Wildman–Crippen LogP) is 4.15. The van der Waals surface area contributed by atoms with Gasteiger partial charge in [0.15, 0.2) is 5.76 Å². The average molecular weight is 411 g/mol. The standard InChI is InChI=1S/C23H17N5O3/c29-23(20-6-3-9-30-20)28-12-18-17(24-13-25-18)11-19(28)22-26-21(27-31-22)16-8-7-14-4-1-2-5-15(14)10-16/h1-10,13,19H,11-12H2,(H,24,25). The smallest absolute Gasteiger partial charge is 0.290 e. The molecule has 0 saturated heterocycles. The molecule has 5 aromatic rings. The fraction of sp³-hybridized carbons (Fsp3) is 0.130. The number of nitrogens with one attached hydrogen (secondary N) is 1. The highest BCUT2D eigenvalue weighted by Crippen LogP contribution is 2.33. The van der Waals surface area contributed by atoms with Gasteiger partial charge in [-0.2, -0.15) is 4.98 Å². The Morgan fingerprint density at radius 1 is 1.10 bits per heavy atom. The molecule has 152 valence electrons. The summed E-state index contributed by atoms with van der Waals surface area (Å²) in [6, 6.07) is 17.0. The van der Waals surface area contributed by atoms with E-state index in [9.17, 15) is 4.79 Å². The molecule has 1 atom stereocenters. The Labute approximate surface area is 176 Å². The van der Waals surface area contributed by atoms with Crippen LogP contribution >= 0.6 is 0 Å². The van der Waals surface area contributed by atoms with E-state index in [1.165, 1.54) is 6.26 Å². The zero-order valence-corrected chi connectivity index (χ0v) is 16.4. The molecule has 1 aliphatic rings. The Bertz CT molecular complexity index is 1390. The molecule has 8 nitrogen and oxygen atoms in total. The molecule has 0 aliphatic carbocycles. The van der Waals surface area contributed by atoms with Crippen molar-refractivity contribution in [3.8, 4) is 11.4 Å². The first-order valence-electron chi connectivity index (χ1n) is 9.94. The lowest BCUT2D eigenvalue weighted by atomic mass is 10.0.